The van der Waals surface area contributed by atoms with Crippen molar-refractivity contribution in [2.75, 3.05) is 5.32 Å². The minimum Gasteiger partial charge on any atom is -0.449 e. The van der Waals surface area contributed by atoms with Gasteiger partial charge < -0.3 is 9.15 Å². The van der Waals surface area contributed by atoms with Crippen molar-refractivity contribution in [3.63, 3.8) is 0 Å². The summed E-state index contributed by atoms with van der Waals surface area (Å²) in [6.07, 6.45) is 1.13. The summed E-state index contributed by atoms with van der Waals surface area (Å²) < 4.78 is 10.4. The van der Waals surface area contributed by atoms with Crippen molar-refractivity contribution in [1.29, 1.82) is 0 Å². The third kappa shape index (κ3) is 3.85. The predicted octanol–water partition coefficient (Wildman–Crippen LogP) is 4.00. The van der Waals surface area contributed by atoms with Crippen LogP contribution in [0, 0.1) is 6.92 Å². The molecule has 1 N–H and O–H groups in total. The third-order valence-electron chi connectivity index (χ3n) is 2.44. The van der Waals surface area contributed by atoms with Crippen LogP contribution < -0.4 is 5.32 Å². The Kier molecular flexibility index (Phi) is 3.79. The number of hydrogen-bond acceptors (Lipinski definition) is 4. The largest absolute Gasteiger partial charge is 0.449 e. The highest BCUT2D eigenvalue weighted by molar-refractivity contribution is 5.85. The van der Waals surface area contributed by atoms with Gasteiger partial charge in [0.2, 0.25) is 0 Å². The lowest BCUT2D eigenvalue weighted by atomic mass is 10.1. The van der Waals surface area contributed by atoms with Crippen LogP contribution in [0.5, 0.6) is 0 Å². The maximum absolute atomic E-state index is 11.6. The first kappa shape index (κ1) is 14.1. The van der Waals surface area contributed by atoms with Gasteiger partial charge in [0, 0.05) is 18.2 Å². The summed E-state index contributed by atoms with van der Waals surface area (Å²) in [7, 11) is 0. The van der Waals surface area contributed by atoms with Crippen molar-refractivity contribution in [1.82, 2.24) is 4.98 Å². The first-order chi connectivity index (χ1) is 9.33. The van der Waals surface area contributed by atoms with Crippen molar-refractivity contribution in [3.05, 3.63) is 36.4 Å². The minimum atomic E-state index is -0.512. The van der Waals surface area contributed by atoms with Crippen LogP contribution in [0.25, 0.3) is 11.3 Å². The fourth-order valence-corrected chi connectivity index (χ4v) is 1.64. The number of carbonyl (C=O) groups excluding carboxylic acids is 1. The molecule has 0 aliphatic heterocycles. The van der Waals surface area contributed by atoms with Gasteiger partial charge in [0.05, 0.1) is 0 Å². The van der Waals surface area contributed by atoms with Crippen LogP contribution in [0.2, 0.25) is 0 Å². The van der Waals surface area contributed by atoms with E-state index in [1.807, 2.05) is 32.9 Å². The van der Waals surface area contributed by atoms with Crippen LogP contribution in [0.1, 0.15) is 26.7 Å². The number of ether oxygens (including phenoxy) is 1. The number of amides is 1. The number of carbonyl (C=O) groups is 1. The lowest BCUT2D eigenvalue weighted by Crippen LogP contribution is -2.27. The molecule has 2 aromatic rings. The molecule has 1 heterocycles. The van der Waals surface area contributed by atoms with E-state index in [1.165, 1.54) is 0 Å². The van der Waals surface area contributed by atoms with E-state index < -0.39 is 11.7 Å². The van der Waals surface area contributed by atoms with E-state index in [-0.39, 0.29) is 0 Å². The molecule has 0 atom stereocenters. The zero-order valence-corrected chi connectivity index (χ0v) is 12.1. The predicted molar refractivity (Wildman–Crippen MR) is 76.5 cm³/mol. The van der Waals surface area contributed by atoms with E-state index in [4.69, 9.17) is 9.15 Å². The molecule has 0 spiro atoms. The molecule has 20 heavy (non-hydrogen) atoms. The molecule has 106 valence electrons. The molecule has 0 saturated carbocycles. The van der Waals surface area contributed by atoms with Crippen LogP contribution >= 0.6 is 0 Å². The van der Waals surface area contributed by atoms with Crippen LogP contribution in [-0.4, -0.2) is 16.7 Å². The molecule has 1 amide bonds. The van der Waals surface area contributed by atoms with Crippen molar-refractivity contribution < 1.29 is 13.9 Å². The Labute approximate surface area is 118 Å². The number of benzene rings is 1. The number of nitrogens with zero attached hydrogens (tertiary/aromatic N) is 1. The Bertz CT molecular complexity index is 594. The maximum Gasteiger partial charge on any atom is 0.412 e. The van der Waals surface area contributed by atoms with Gasteiger partial charge in [-0.2, -0.15) is 0 Å². The normalized spacial score (nSPS) is 11.2. The Morgan fingerprint density at radius 3 is 2.40 bits per heavy atom. The van der Waals surface area contributed by atoms with Gasteiger partial charge in [-0.3, -0.25) is 5.32 Å². The van der Waals surface area contributed by atoms with E-state index in [0.717, 1.165) is 11.3 Å². The highest BCUT2D eigenvalue weighted by Crippen LogP contribution is 2.21. The lowest BCUT2D eigenvalue weighted by Gasteiger charge is -2.19. The highest BCUT2D eigenvalue weighted by Gasteiger charge is 2.16. The average Bonchev–Trinajstić information content (AvgIpc) is 2.74. The van der Waals surface area contributed by atoms with Crippen LogP contribution in [0.3, 0.4) is 0 Å². The summed E-state index contributed by atoms with van der Waals surface area (Å²) in [5, 5.41) is 2.68. The number of anilines is 1. The van der Waals surface area contributed by atoms with Crippen molar-refractivity contribution in [2.24, 2.45) is 0 Å². The molecule has 0 fully saturated rings. The first-order valence-electron chi connectivity index (χ1n) is 6.36. The van der Waals surface area contributed by atoms with E-state index >= 15 is 0 Å². The van der Waals surface area contributed by atoms with E-state index in [2.05, 4.69) is 10.3 Å². The second-order valence-corrected chi connectivity index (χ2v) is 5.46. The van der Waals surface area contributed by atoms with Gasteiger partial charge in [0.1, 0.15) is 17.6 Å². The number of nitrogens with one attached hydrogen (secondary N) is 1. The maximum atomic E-state index is 11.6. The lowest BCUT2D eigenvalue weighted by molar-refractivity contribution is 0.0636. The summed E-state index contributed by atoms with van der Waals surface area (Å²) in [4.78, 5) is 15.9. The van der Waals surface area contributed by atoms with E-state index in [1.54, 1.807) is 25.3 Å². The second-order valence-electron chi connectivity index (χ2n) is 5.46. The molecule has 0 saturated heterocycles. The third-order valence-corrected chi connectivity index (χ3v) is 2.44. The Morgan fingerprint density at radius 1 is 1.25 bits per heavy atom. The number of oxazole rings is 1. The zero-order chi connectivity index (χ0) is 14.8. The zero-order valence-electron chi connectivity index (χ0n) is 12.1. The molecule has 5 nitrogen and oxygen atoms in total. The van der Waals surface area contributed by atoms with Crippen LogP contribution in [0.15, 0.2) is 34.9 Å². The molecule has 2 rings (SSSR count). The molecular weight excluding hydrogens is 256 g/mol. The Morgan fingerprint density at radius 2 is 1.90 bits per heavy atom. The van der Waals surface area contributed by atoms with Gasteiger partial charge in [0.25, 0.3) is 0 Å². The molecule has 0 aliphatic rings. The number of rotatable bonds is 2. The fraction of sp³-hybridized carbons (Fsp3) is 0.333. The first-order valence-corrected chi connectivity index (χ1v) is 6.36. The van der Waals surface area contributed by atoms with Gasteiger partial charge in [-0.25, -0.2) is 9.78 Å². The molecule has 0 bridgehead atoms. The number of aromatic nitrogens is 1. The molecule has 1 aromatic carbocycles. The van der Waals surface area contributed by atoms with Crippen molar-refractivity contribution in [2.45, 2.75) is 33.3 Å². The molecule has 1 aromatic heterocycles. The summed E-state index contributed by atoms with van der Waals surface area (Å²) in [5.41, 5.74) is 1.86. The fourth-order valence-electron chi connectivity index (χ4n) is 1.64. The second kappa shape index (κ2) is 5.36. The van der Waals surface area contributed by atoms with Gasteiger partial charge in [-0.1, -0.05) is 12.1 Å². The summed E-state index contributed by atoms with van der Waals surface area (Å²) in [6, 6.07) is 7.32. The summed E-state index contributed by atoms with van der Waals surface area (Å²) >= 11 is 0. The van der Waals surface area contributed by atoms with Gasteiger partial charge >= 0.3 is 6.09 Å². The summed E-state index contributed by atoms with van der Waals surface area (Å²) in [5.74, 6) is 0.621. The van der Waals surface area contributed by atoms with Gasteiger partial charge in [-0.05, 0) is 32.9 Å². The van der Waals surface area contributed by atoms with Gasteiger partial charge in [-0.15, -0.1) is 0 Å². The molecular formula is C15H18N2O3. The molecule has 0 radical (unpaired) electrons. The molecule has 0 aliphatic carbocycles. The van der Waals surface area contributed by atoms with Crippen LogP contribution in [-0.2, 0) is 4.74 Å². The molecule has 0 unspecified atom stereocenters. The quantitative estimate of drug-likeness (QED) is 0.899. The number of hydrogen-bond donors (Lipinski definition) is 1. The van der Waals surface area contributed by atoms with E-state index in [9.17, 15) is 4.79 Å². The molecule has 5 heteroatoms. The summed E-state index contributed by atoms with van der Waals surface area (Å²) in [6.45, 7) is 7.26. The standard InChI is InChI=1S/C15H18N2O3/c1-10-16-13(9-19-10)11-5-7-12(8-6-11)17-14(18)20-15(2,3)4/h5-9H,1-4H3,(H,17,18). The van der Waals surface area contributed by atoms with Crippen molar-refractivity contribution in [3.8, 4) is 11.3 Å². The van der Waals surface area contributed by atoms with Gasteiger partial charge in [0.15, 0.2) is 5.89 Å². The van der Waals surface area contributed by atoms with Crippen molar-refractivity contribution >= 4 is 11.8 Å². The SMILES string of the molecule is Cc1nc(-c2ccc(NC(=O)OC(C)(C)C)cc2)co1. The van der Waals surface area contributed by atoms with E-state index in [0.29, 0.717) is 11.6 Å². The highest BCUT2D eigenvalue weighted by atomic mass is 16.6. The Hall–Kier alpha value is -2.30. The monoisotopic (exact) mass is 274 g/mol. The van der Waals surface area contributed by atoms with Crippen LogP contribution in [0.4, 0.5) is 10.5 Å². The average molecular weight is 274 g/mol. The Balaban J connectivity index is 2.03. The minimum absolute atomic E-state index is 0.470. The number of aryl methyl sites for hydroxylation is 1. The smallest absolute Gasteiger partial charge is 0.412 e. The topological polar surface area (TPSA) is 64.4 Å².